The number of hydrogen-bond acceptors (Lipinski definition) is 7. The molecule has 0 aliphatic rings. The smallest absolute Gasteiger partial charge is 0.221 e. The van der Waals surface area contributed by atoms with E-state index in [4.69, 9.17) is 11.6 Å². The first-order valence-electron chi connectivity index (χ1n) is 11.7. The lowest BCUT2D eigenvalue weighted by atomic mass is 10.2. The molecule has 2 aromatic carbocycles. The molecule has 0 fully saturated rings. The second kappa shape index (κ2) is 13.1. The quantitative estimate of drug-likeness (QED) is 0.123. The van der Waals surface area contributed by atoms with Gasteiger partial charge in [-0.05, 0) is 37.1 Å². The van der Waals surface area contributed by atoms with E-state index in [1.807, 2.05) is 42.5 Å². The van der Waals surface area contributed by atoms with Gasteiger partial charge in [0, 0.05) is 32.5 Å². The number of para-hydroxylation sites is 3. The number of nitrogens with one attached hydrogen (secondary N) is 2. The predicted octanol–water partition coefficient (Wildman–Crippen LogP) is 1.97. The molecule has 10 heteroatoms. The Morgan fingerprint density at radius 1 is 0.882 bits per heavy atom. The molecule has 0 radical (unpaired) electrons. The molecule has 0 bridgehead atoms. The Kier molecular flexibility index (Phi) is 9.65. The summed E-state index contributed by atoms with van der Waals surface area (Å²) in [4.78, 5) is 24.1. The summed E-state index contributed by atoms with van der Waals surface area (Å²) >= 11 is 0. The molecule has 3 rings (SSSR count). The number of hydrogen-bond donors (Lipinski definition) is 4. The third kappa shape index (κ3) is 7.73. The predicted molar refractivity (Wildman–Crippen MR) is 134 cm³/mol. The molecule has 3 aromatic rings. The lowest BCUT2D eigenvalue weighted by Crippen LogP contribution is -2.36. The number of amides is 2. The Morgan fingerprint density at radius 3 is 2.26 bits per heavy atom. The van der Waals surface area contributed by atoms with Crippen LogP contribution < -0.4 is 27.2 Å². The minimum atomic E-state index is -0.0302. The second-order valence-electron chi connectivity index (χ2n) is 8.17. The van der Waals surface area contributed by atoms with Crippen molar-refractivity contribution in [2.24, 2.45) is 5.84 Å². The first-order chi connectivity index (χ1) is 16.5. The maximum atomic E-state index is 12.1. The Morgan fingerprint density at radius 2 is 1.53 bits per heavy atom. The molecule has 0 atom stereocenters. The highest BCUT2D eigenvalue weighted by Crippen LogP contribution is 2.19. The Balaban J connectivity index is 1.17. The van der Waals surface area contributed by atoms with Gasteiger partial charge in [0.1, 0.15) is 5.52 Å². The van der Waals surface area contributed by atoms with E-state index < -0.39 is 0 Å². The minimum Gasteiger partial charge on any atom is -0.397 e. The van der Waals surface area contributed by atoms with Crippen LogP contribution in [0.1, 0.15) is 38.5 Å². The molecule has 0 aliphatic heterocycles. The first-order valence-corrected chi connectivity index (χ1v) is 11.7. The number of carbonyl (C=O) groups is 2. The number of rotatable bonds is 14. The molecule has 6 N–H and O–H groups in total. The molecule has 0 aliphatic carbocycles. The van der Waals surface area contributed by atoms with Crippen molar-refractivity contribution in [1.29, 1.82) is 0 Å². The van der Waals surface area contributed by atoms with E-state index in [0.29, 0.717) is 50.4 Å². The van der Waals surface area contributed by atoms with E-state index >= 15 is 0 Å². The van der Waals surface area contributed by atoms with Crippen LogP contribution in [0.2, 0.25) is 0 Å². The van der Waals surface area contributed by atoms with E-state index in [1.54, 1.807) is 10.7 Å². The Bertz CT molecular complexity index is 1070. The summed E-state index contributed by atoms with van der Waals surface area (Å²) in [5, 5.41) is 15.6. The first kappa shape index (κ1) is 25.0. The van der Waals surface area contributed by atoms with Gasteiger partial charge >= 0.3 is 0 Å². The number of anilines is 2. The third-order valence-corrected chi connectivity index (χ3v) is 5.54. The van der Waals surface area contributed by atoms with Gasteiger partial charge in [0.2, 0.25) is 11.8 Å². The van der Waals surface area contributed by atoms with Gasteiger partial charge in [-0.1, -0.05) is 42.3 Å². The van der Waals surface area contributed by atoms with Crippen molar-refractivity contribution in [2.45, 2.75) is 45.1 Å². The number of aryl methyl sites for hydroxylation is 1. The zero-order valence-electron chi connectivity index (χ0n) is 19.4. The molecule has 1 heterocycles. The zero-order valence-corrected chi connectivity index (χ0v) is 19.4. The Hall–Kier alpha value is -3.66. The van der Waals surface area contributed by atoms with Gasteiger partial charge in [-0.2, -0.15) is 0 Å². The molecule has 0 saturated heterocycles. The molecular formula is C24H34N8O2. The molecule has 10 nitrogen and oxygen atoms in total. The van der Waals surface area contributed by atoms with Crippen LogP contribution in [0, 0.1) is 0 Å². The highest BCUT2D eigenvalue weighted by atomic mass is 16.2. The molecule has 0 unspecified atom stereocenters. The fourth-order valence-electron chi connectivity index (χ4n) is 3.62. The van der Waals surface area contributed by atoms with Crippen LogP contribution in [0.5, 0.6) is 0 Å². The van der Waals surface area contributed by atoms with E-state index in [0.717, 1.165) is 36.7 Å². The average Bonchev–Trinajstić information content (AvgIpc) is 3.26. The molecule has 34 heavy (non-hydrogen) atoms. The Labute approximate surface area is 199 Å². The van der Waals surface area contributed by atoms with E-state index in [1.165, 1.54) is 5.01 Å². The van der Waals surface area contributed by atoms with E-state index in [9.17, 15) is 9.59 Å². The third-order valence-electron chi connectivity index (χ3n) is 5.54. The average molecular weight is 467 g/mol. The van der Waals surface area contributed by atoms with Gasteiger partial charge in [-0.25, -0.2) is 10.5 Å². The number of nitrogens with two attached hydrogens (primary N) is 2. The normalized spacial score (nSPS) is 10.9. The molecular weight excluding hydrogens is 432 g/mol. The summed E-state index contributed by atoms with van der Waals surface area (Å²) in [6.45, 7) is 2.19. The molecule has 0 saturated carbocycles. The van der Waals surface area contributed by atoms with Crippen molar-refractivity contribution < 1.29 is 9.59 Å². The van der Waals surface area contributed by atoms with Crippen molar-refractivity contribution in [3.63, 3.8) is 0 Å². The zero-order chi connectivity index (χ0) is 24.2. The largest absolute Gasteiger partial charge is 0.397 e. The number of fused-ring (bicyclic) bond motifs is 1. The number of hydrazine groups is 1. The molecule has 182 valence electrons. The van der Waals surface area contributed by atoms with Crippen LogP contribution >= 0.6 is 0 Å². The van der Waals surface area contributed by atoms with Crippen molar-refractivity contribution >= 4 is 34.2 Å². The molecule has 1 aromatic heterocycles. The lowest BCUT2D eigenvalue weighted by Gasteiger charge is -2.20. The molecule has 2 amide bonds. The van der Waals surface area contributed by atoms with Crippen LogP contribution in [0.3, 0.4) is 0 Å². The minimum absolute atomic E-state index is 0.0121. The monoisotopic (exact) mass is 466 g/mol. The van der Waals surface area contributed by atoms with E-state index in [-0.39, 0.29) is 11.8 Å². The van der Waals surface area contributed by atoms with Gasteiger partial charge in [0.05, 0.1) is 23.4 Å². The summed E-state index contributed by atoms with van der Waals surface area (Å²) in [5.74, 6) is 5.97. The van der Waals surface area contributed by atoms with E-state index in [2.05, 4.69) is 20.9 Å². The summed E-state index contributed by atoms with van der Waals surface area (Å²) in [6.07, 6.45) is 4.47. The van der Waals surface area contributed by atoms with Gasteiger partial charge in [-0.15, -0.1) is 5.10 Å². The van der Waals surface area contributed by atoms with Crippen LogP contribution in [0.4, 0.5) is 11.4 Å². The van der Waals surface area contributed by atoms with Crippen molar-refractivity contribution in [1.82, 2.24) is 25.6 Å². The number of nitrogens with zero attached hydrogens (tertiary/aromatic N) is 4. The maximum absolute atomic E-state index is 12.1. The number of carbonyl (C=O) groups excluding carboxylic acids is 2. The number of unbranched alkanes of at least 4 members (excludes halogenated alkanes) is 3. The fraction of sp³-hybridized carbons (Fsp3) is 0.417. The van der Waals surface area contributed by atoms with Crippen LogP contribution in [-0.4, -0.2) is 46.4 Å². The van der Waals surface area contributed by atoms with Gasteiger partial charge < -0.3 is 21.4 Å². The summed E-state index contributed by atoms with van der Waals surface area (Å²) in [6, 6.07) is 15.0. The summed E-state index contributed by atoms with van der Waals surface area (Å²) in [5.41, 5.74) is 8.97. The number of aromatic nitrogens is 3. The summed E-state index contributed by atoms with van der Waals surface area (Å²) < 4.78 is 1.76. The fourth-order valence-corrected chi connectivity index (χ4v) is 3.62. The maximum Gasteiger partial charge on any atom is 0.221 e. The number of nitrogen functional groups attached to an aromatic ring is 1. The lowest BCUT2D eigenvalue weighted by molar-refractivity contribution is -0.122. The topological polar surface area (TPSA) is 144 Å². The van der Waals surface area contributed by atoms with Gasteiger partial charge in [0.25, 0.3) is 0 Å². The number of benzene rings is 2. The van der Waals surface area contributed by atoms with Crippen LogP contribution in [-0.2, 0) is 16.1 Å². The SMILES string of the molecule is Nc1ccccc1N(N)CCC(=O)NCCCCCCNC(=O)CCn1nnc2ccccc21. The van der Waals surface area contributed by atoms with Crippen molar-refractivity contribution in [3.8, 4) is 0 Å². The van der Waals surface area contributed by atoms with Crippen molar-refractivity contribution in [2.75, 3.05) is 30.4 Å². The van der Waals surface area contributed by atoms with Gasteiger partial charge in [-0.3, -0.25) is 9.59 Å². The van der Waals surface area contributed by atoms with Gasteiger partial charge in [0.15, 0.2) is 0 Å². The summed E-state index contributed by atoms with van der Waals surface area (Å²) in [7, 11) is 0. The van der Waals surface area contributed by atoms with Crippen LogP contribution in [0.15, 0.2) is 48.5 Å². The van der Waals surface area contributed by atoms with Crippen molar-refractivity contribution in [3.05, 3.63) is 48.5 Å². The highest BCUT2D eigenvalue weighted by Gasteiger charge is 2.08. The molecule has 0 spiro atoms. The van der Waals surface area contributed by atoms with Crippen LogP contribution in [0.25, 0.3) is 11.0 Å². The standard InChI is InChI=1S/C24H34N8O2/c25-19-9-3-5-11-21(19)31(26)17-13-23(33)27-15-7-1-2-8-16-28-24(34)14-18-32-22-12-6-4-10-20(22)29-30-32/h3-6,9-12H,1-2,7-8,13-18,25-26H2,(H,27,33)(H,28,34). The second-order valence-corrected chi connectivity index (χ2v) is 8.17. The highest BCUT2D eigenvalue weighted by molar-refractivity contribution is 5.77.